The van der Waals surface area contributed by atoms with Gasteiger partial charge in [0.05, 0.1) is 0 Å². The van der Waals surface area contributed by atoms with Crippen LogP contribution in [0.5, 0.6) is 0 Å². The van der Waals surface area contributed by atoms with Crippen molar-refractivity contribution >= 4 is 22.6 Å². The first-order valence-corrected chi connectivity index (χ1v) is 11.5. The first-order chi connectivity index (χ1) is 15.9. The Morgan fingerprint density at radius 1 is 1.00 bits per heavy atom. The summed E-state index contributed by atoms with van der Waals surface area (Å²) in [6, 6.07) is 15.2. The van der Waals surface area contributed by atoms with Crippen molar-refractivity contribution in [2.24, 2.45) is 7.05 Å². The summed E-state index contributed by atoms with van der Waals surface area (Å²) in [5, 5.41) is 1.21. The van der Waals surface area contributed by atoms with E-state index in [0.717, 1.165) is 36.8 Å². The van der Waals surface area contributed by atoms with Gasteiger partial charge in [0.25, 0.3) is 11.5 Å². The molecule has 1 fully saturated rings. The molecule has 1 aromatic heterocycles. The molecule has 0 saturated heterocycles. The zero-order valence-electron chi connectivity index (χ0n) is 19.5. The molecule has 1 heterocycles. The molecule has 1 aliphatic rings. The molecular formula is C27H30N2O4. The fourth-order valence-corrected chi connectivity index (χ4v) is 4.69. The Hall–Kier alpha value is -3.41. The number of fused-ring (bicyclic) bond motifs is 1. The van der Waals surface area contributed by atoms with Gasteiger partial charge in [-0.1, -0.05) is 67.3 Å². The maximum Gasteiger partial charge on any atom is 0.356 e. The molecule has 0 N–H and O–H groups in total. The molecule has 0 spiro atoms. The van der Waals surface area contributed by atoms with Crippen molar-refractivity contribution in [2.45, 2.75) is 45.1 Å². The average Bonchev–Trinajstić information content (AvgIpc) is 2.85. The highest BCUT2D eigenvalue weighted by Crippen LogP contribution is 2.31. The Bertz CT molecular complexity index is 1240. The number of pyridine rings is 1. The van der Waals surface area contributed by atoms with E-state index in [2.05, 4.69) is 0 Å². The molecule has 0 atom stereocenters. The normalized spacial score (nSPS) is 14.3. The van der Waals surface area contributed by atoms with E-state index in [-0.39, 0.29) is 29.8 Å². The number of likely N-dealkylation sites (N-methyl/N-ethyl adjacent to an activating group) is 1. The molecule has 6 heteroatoms. The summed E-state index contributed by atoms with van der Waals surface area (Å²) >= 11 is 0. The number of rotatable bonds is 5. The van der Waals surface area contributed by atoms with E-state index in [1.807, 2.05) is 43.3 Å². The highest BCUT2D eigenvalue weighted by molar-refractivity contribution is 6.07. The second-order valence-corrected chi connectivity index (χ2v) is 8.87. The van der Waals surface area contributed by atoms with Gasteiger partial charge in [0.2, 0.25) is 0 Å². The van der Waals surface area contributed by atoms with Crippen molar-refractivity contribution in [3.8, 4) is 11.1 Å². The van der Waals surface area contributed by atoms with Crippen LogP contribution in [-0.2, 0) is 16.6 Å². The minimum atomic E-state index is -0.679. The number of carbonyl (C=O) groups excluding carboxylic acids is 2. The van der Waals surface area contributed by atoms with E-state index in [1.54, 1.807) is 31.1 Å². The number of carbonyl (C=O) groups is 2. The molecule has 4 rings (SSSR count). The lowest BCUT2D eigenvalue weighted by Crippen LogP contribution is -2.40. The number of aryl methyl sites for hydroxylation is 1. The number of benzene rings is 2. The Labute approximate surface area is 193 Å². The summed E-state index contributed by atoms with van der Waals surface area (Å²) in [4.78, 5) is 40.7. The zero-order chi connectivity index (χ0) is 23.5. The summed E-state index contributed by atoms with van der Waals surface area (Å²) in [5.41, 5.74) is 2.40. The SMILES string of the molecule is Cc1ccc(-c2c(C(=O)OCC(=O)N(C)C3CCCCC3)n(C)c(=O)c3ccccc23)cc1. The molecule has 0 bridgehead atoms. The summed E-state index contributed by atoms with van der Waals surface area (Å²) in [6.07, 6.45) is 5.38. The van der Waals surface area contributed by atoms with Crippen LogP contribution in [0, 0.1) is 6.92 Å². The van der Waals surface area contributed by atoms with Gasteiger partial charge in [0.15, 0.2) is 6.61 Å². The van der Waals surface area contributed by atoms with Crippen LogP contribution in [-0.4, -0.2) is 41.0 Å². The van der Waals surface area contributed by atoms with Crippen LogP contribution >= 0.6 is 0 Å². The minimum Gasteiger partial charge on any atom is -0.451 e. The van der Waals surface area contributed by atoms with Gasteiger partial charge in [-0.25, -0.2) is 4.79 Å². The molecule has 0 aliphatic heterocycles. The van der Waals surface area contributed by atoms with Crippen molar-refractivity contribution < 1.29 is 14.3 Å². The van der Waals surface area contributed by atoms with Crippen LogP contribution in [0.15, 0.2) is 53.3 Å². The lowest BCUT2D eigenvalue weighted by molar-refractivity contribution is -0.135. The molecule has 0 unspecified atom stereocenters. The Morgan fingerprint density at radius 2 is 1.64 bits per heavy atom. The van der Waals surface area contributed by atoms with Gasteiger partial charge in [0, 0.05) is 31.1 Å². The first kappa shape index (κ1) is 22.8. The second kappa shape index (κ2) is 9.61. The molecule has 3 aromatic rings. The number of amides is 1. The Morgan fingerprint density at radius 3 is 2.30 bits per heavy atom. The fraction of sp³-hybridized carbons (Fsp3) is 0.370. The minimum absolute atomic E-state index is 0.149. The fourth-order valence-electron chi connectivity index (χ4n) is 4.69. The second-order valence-electron chi connectivity index (χ2n) is 8.87. The number of nitrogens with zero attached hydrogens (tertiary/aromatic N) is 2. The molecule has 33 heavy (non-hydrogen) atoms. The highest BCUT2D eigenvalue weighted by Gasteiger charge is 2.26. The lowest BCUT2D eigenvalue weighted by atomic mass is 9.94. The molecule has 0 radical (unpaired) electrons. The predicted octanol–water partition coefficient (Wildman–Crippen LogP) is 4.46. The summed E-state index contributed by atoms with van der Waals surface area (Å²) in [6.45, 7) is 1.65. The number of aromatic nitrogens is 1. The van der Waals surface area contributed by atoms with Gasteiger partial charge in [-0.3, -0.25) is 9.59 Å². The van der Waals surface area contributed by atoms with E-state index < -0.39 is 5.97 Å². The van der Waals surface area contributed by atoms with E-state index in [0.29, 0.717) is 16.3 Å². The molecule has 6 nitrogen and oxygen atoms in total. The van der Waals surface area contributed by atoms with Gasteiger partial charge >= 0.3 is 5.97 Å². The highest BCUT2D eigenvalue weighted by atomic mass is 16.5. The molecule has 1 amide bonds. The summed E-state index contributed by atoms with van der Waals surface area (Å²) in [5.74, 6) is -0.903. The predicted molar refractivity (Wildman–Crippen MR) is 129 cm³/mol. The standard InChI is InChI=1S/C27H30N2O4/c1-18-13-15-19(16-14-18)24-21-11-7-8-12-22(21)26(31)29(3)25(24)27(32)33-17-23(30)28(2)20-9-5-4-6-10-20/h7-8,11-16,20H,4-6,9-10,17H2,1-3H3. The number of hydrogen-bond acceptors (Lipinski definition) is 4. The van der Waals surface area contributed by atoms with Crippen LogP contribution < -0.4 is 5.56 Å². The van der Waals surface area contributed by atoms with E-state index in [4.69, 9.17) is 4.74 Å². The van der Waals surface area contributed by atoms with Gasteiger partial charge in [-0.15, -0.1) is 0 Å². The van der Waals surface area contributed by atoms with E-state index in [9.17, 15) is 14.4 Å². The third kappa shape index (κ3) is 4.56. The molecule has 1 saturated carbocycles. The maximum atomic E-state index is 13.3. The third-order valence-electron chi connectivity index (χ3n) is 6.68. The van der Waals surface area contributed by atoms with Gasteiger partial charge in [0.1, 0.15) is 5.69 Å². The smallest absolute Gasteiger partial charge is 0.356 e. The topological polar surface area (TPSA) is 68.6 Å². The number of hydrogen-bond donors (Lipinski definition) is 0. The lowest BCUT2D eigenvalue weighted by Gasteiger charge is -2.31. The number of ether oxygens (including phenoxy) is 1. The van der Waals surface area contributed by atoms with Crippen molar-refractivity contribution in [3.05, 3.63) is 70.1 Å². The van der Waals surface area contributed by atoms with Crippen molar-refractivity contribution in [2.75, 3.05) is 13.7 Å². The van der Waals surface area contributed by atoms with Crippen molar-refractivity contribution in [1.82, 2.24) is 9.47 Å². The average molecular weight is 447 g/mol. The molecule has 2 aromatic carbocycles. The van der Waals surface area contributed by atoms with E-state index >= 15 is 0 Å². The van der Waals surface area contributed by atoms with Crippen LogP contribution in [0.1, 0.15) is 48.2 Å². The van der Waals surface area contributed by atoms with Crippen LogP contribution in [0.25, 0.3) is 21.9 Å². The van der Waals surface area contributed by atoms with Crippen LogP contribution in [0.4, 0.5) is 0 Å². The maximum absolute atomic E-state index is 13.3. The molecule has 1 aliphatic carbocycles. The summed E-state index contributed by atoms with van der Waals surface area (Å²) in [7, 11) is 3.34. The van der Waals surface area contributed by atoms with Crippen LogP contribution in [0.2, 0.25) is 0 Å². The van der Waals surface area contributed by atoms with Crippen molar-refractivity contribution in [3.63, 3.8) is 0 Å². The zero-order valence-corrected chi connectivity index (χ0v) is 19.5. The van der Waals surface area contributed by atoms with Crippen LogP contribution in [0.3, 0.4) is 0 Å². The van der Waals surface area contributed by atoms with Crippen molar-refractivity contribution in [1.29, 1.82) is 0 Å². The molecular weight excluding hydrogens is 416 g/mol. The van der Waals surface area contributed by atoms with Gasteiger partial charge in [-0.2, -0.15) is 0 Å². The first-order valence-electron chi connectivity index (χ1n) is 11.5. The quantitative estimate of drug-likeness (QED) is 0.543. The molecule has 172 valence electrons. The van der Waals surface area contributed by atoms with Gasteiger partial charge in [-0.05, 0) is 36.8 Å². The number of esters is 1. The summed E-state index contributed by atoms with van der Waals surface area (Å²) < 4.78 is 6.81. The Kier molecular flexibility index (Phi) is 6.63. The largest absolute Gasteiger partial charge is 0.451 e. The Balaban J connectivity index is 1.69. The monoisotopic (exact) mass is 446 g/mol. The van der Waals surface area contributed by atoms with Gasteiger partial charge < -0.3 is 14.2 Å². The van der Waals surface area contributed by atoms with E-state index in [1.165, 1.54) is 11.0 Å². The third-order valence-corrected chi connectivity index (χ3v) is 6.68.